The number of hydrogen-bond donors (Lipinski definition) is 0. The second-order valence-electron chi connectivity index (χ2n) is 3.49. The van der Waals surface area contributed by atoms with Crippen LogP contribution in [0.4, 0.5) is 0 Å². The molecule has 0 N–H and O–H groups in total. The van der Waals surface area contributed by atoms with Gasteiger partial charge in [-0.25, -0.2) is 0 Å². The molecular weight excluding hydrogens is 212 g/mol. The lowest BCUT2D eigenvalue weighted by atomic mass is 10.2. The van der Waals surface area contributed by atoms with Gasteiger partial charge < -0.3 is 4.90 Å². The Morgan fingerprint density at radius 3 is 2.73 bits per heavy atom. The molecule has 0 aliphatic carbocycles. The van der Waals surface area contributed by atoms with Crippen LogP contribution in [0.2, 0.25) is 5.02 Å². The minimum Gasteiger partial charge on any atom is -0.331 e. The predicted molar refractivity (Wildman–Crippen MR) is 59.0 cm³/mol. The van der Waals surface area contributed by atoms with Gasteiger partial charge in [-0.15, -0.1) is 0 Å². The Kier molecular flexibility index (Phi) is 2.73. The number of amides is 1. The van der Waals surface area contributed by atoms with Gasteiger partial charge in [0.05, 0.1) is 10.6 Å². The van der Waals surface area contributed by atoms with Crippen molar-refractivity contribution in [2.75, 3.05) is 13.1 Å². The molecule has 2 heterocycles. The molecule has 4 heteroatoms. The van der Waals surface area contributed by atoms with Crippen LogP contribution in [-0.4, -0.2) is 28.9 Å². The summed E-state index contributed by atoms with van der Waals surface area (Å²) in [5.74, 6) is -0.0579. The van der Waals surface area contributed by atoms with Crippen molar-refractivity contribution in [3.8, 4) is 0 Å². The van der Waals surface area contributed by atoms with Gasteiger partial charge >= 0.3 is 0 Å². The number of pyridine rings is 1. The molecule has 1 aliphatic heterocycles. The van der Waals surface area contributed by atoms with E-state index in [0.29, 0.717) is 23.7 Å². The fraction of sp³-hybridized carbons (Fsp3) is 0.273. The molecule has 0 fully saturated rings. The zero-order valence-corrected chi connectivity index (χ0v) is 9.16. The first kappa shape index (κ1) is 10.2. The van der Waals surface area contributed by atoms with Gasteiger partial charge in [0.25, 0.3) is 5.91 Å². The Bertz CT molecular complexity index is 421. The van der Waals surface area contributed by atoms with Crippen LogP contribution in [-0.2, 0) is 0 Å². The summed E-state index contributed by atoms with van der Waals surface area (Å²) in [5, 5.41) is 0.472. The third kappa shape index (κ3) is 2.02. The third-order valence-electron chi connectivity index (χ3n) is 2.33. The quantitative estimate of drug-likeness (QED) is 0.682. The van der Waals surface area contributed by atoms with E-state index >= 15 is 0 Å². The zero-order chi connectivity index (χ0) is 10.8. The van der Waals surface area contributed by atoms with Crippen LogP contribution in [0.15, 0.2) is 24.4 Å². The molecule has 0 saturated carbocycles. The average molecular weight is 223 g/mol. The molecule has 0 bridgehead atoms. The molecular formula is C11H11ClN2O. The first-order chi connectivity index (χ1) is 7.18. The van der Waals surface area contributed by atoms with Crippen LogP contribution >= 0.6 is 11.6 Å². The Labute approximate surface area is 93.4 Å². The molecule has 0 atom stereocenters. The molecule has 1 aromatic rings. The van der Waals surface area contributed by atoms with E-state index in [2.05, 4.69) is 4.98 Å². The fourth-order valence-electron chi connectivity index (χ4n) is 1.50. The van der Waals surface area contributed by atoms with Crippen molar-refractivity contribution >= 4 is 17.5 Å². The highest BCUT2D eigenvalue weighted by atomic mass is 35.5. The SMILES string of the molecule is Cc1cc(Cl)c(C(=O)N2CC=CC2)cn1. The van der Waals surface area contributed by atoms with Crippen molar-refractivity contribution in [3.05, 3.63) is 40.7 Å². The first-order valence-electron chi connectivity index (χ1n) is 4.75. The van der Waals surface area contributed by atoms with Crippen molar-refractivity contribution in [2.24, 2.45) is 0 Å². The van der Waals surface area contributed by atoms with Gasteiger partial charge in [-0.1, -0.05) is 23.8 Å². The number of nitrogens with zero attached hydrogens (tertiary/aromatic N) is 2. The molecule has 0 unspecified atom stereocenters. The summed E-state index contributed by atoms with van der Waals surface area (Å²) >= 11 is 5.99. The van der Waals surface area contributed by atoms with E-state index in [-0.39, 0.29) is 5.91 Å². The Balaban J connectivity index is 2.25. The van der Waals surface area contributed by atoms with Gasteiger partial charge in [-0.3, -0.25) is 9.78 Å². The zero-order valence-electron chi connectivity index (χ0n) is 8.40. The van der Waals surface area contributed by atoms with Crippen molar-refractivity contribution in [1.82, 2.24) is 9.88 Å². The maximum atomic E-state index is 11.9. The lowest BCUT2D eigenvalue weighted by Gasteiger charge is -2.15. The van der Waals surface area contributed by atoms with Crippen molar-refractivity contribution in [1.29, 1.82) is 0 Å². The number of rotatable bonds is 1. The number of carbonyl (C=O) groups excluding carboxylic acids is 1. The van der Waals surface area contributed by atoms with Gasteiger partial charge in [0.15, 0.2) is 0 Å². The minimum absolute atomic E-state index is 0.0579. The molecule has 0 spiro atoms. The molecule has 15 heavy (non-hydrogen) atoms. The summed E-state index contributed by atoms with van der Waals surface area (Å²) in [6.45, 7) is 3.16. The highest BCUT2D eigenvalue weighted by Gasteiger charge is 2.19. The molecule has 2 rings (SSSR count). The fourth-order valence-corrected chi connectivity index (χ4v) is 1.79. The molecule has 3 nitrogen and oxygen atoms in total. The summed E-state index contributed by atoms with van der Waals surface area (Å²) in [6.07, 6.45) is 5.47. The van der Waals surface area contributed by atoms with E-state index in [4.69, 9.17) is 11.6 Å². The number of aromatic nitrogens is 1. The van der Waals surface area contributed by atoms with E-state index < -0.39 is 0 Å². The van der Waals surface area contributed by atoms with Crippen molar-refractivity contribution in [3.63, 3.8) is 0 Å². The molecule has 1 aromatic heterocycles. The van der Waals surface area contributed by atoms with Gasteiger partial charge in [-0.2, -0.15) is 0 Å². The number of halogens is 1. The summed E-state index contributed by atoms with van der Waals surface area (Å²) in [7, 11) is 0. The van der Waals surface area contributed by atoms with Gasteiger partial charge in [0.2, 0.25) is 0 Å². The summed E-state index contributed by atoms with van der Waals surface area (Å²) in [6, 6.07) is 1.71. The van der Waals surface area contributed by atoms with Crippen molar-refractivity contribution in [2.45, 2.75) is 6.92 Å². The second-order valence-corrected chi connectivity index (χ2v) is 3.89. The Hall–Kier alpha value is -1.35. The van der Waals surface area contributed by atoms with Gasteiger partial charge in [0, 0.05) is 25.0 Å². The number of aryl methyl sites for hydroxylation is 1. The third-order valence-corrected chi connectivity index (χ3v) is 2.64. The monoisotopic (exact) mass is 222 g/mol. The standard InChI is InChI=1S/C11H11ClN2O/c1-8-6-10(12)9(7-13-8)11(15)14-4-2-3-5-14/h2-3,6-7H,4-5H2,1H3. The summed E-state index contributed by atoms with van der Waals surface area (Å²) < 4.78 is 0. The maximum absolute atomic E-state index is 11.9. The summed E-state index contributed by atoms with van der Waals surface area (Å²) in [5.41, 5.74) is 1.29. The van der Waals surface area contributed by atoms with E-state index in [1.807, 2.05) is 19.1 Å². The molecule has 78 valence electrons. The lowest BCUT2D eigenvalue weighted by Crippen LogP contribution is -2.28. The molecule has 0 radical (unpaired) electrons. The van der Waals surface area contributed by atoms with E-state index in [1.54, 1.807) is 17.2 Å². The van der Waals surface area contributed by atoms with E-state index in [9.17, 15) is 4.79 Å². The van der Waals surface area contributed by atoms with Crippen LogP contribution in [0, 0.1) is 6.92 Å². The minimum atomic E-state index is -0.0579. The normalized spacial score (nSPS) is 14.7. The molecule has 1 amide bonds. The summed E-state index contributed by atoms with van der Waals surface area (Å²) in [4.78, 5) is 17.7. The number of carbonyl (C=O) groups is 1. The second kappa shape index (κ2) is 4.03. The average Bonchev–Trinajstić information content (AvgIpc) is 2.69. The first-order valence-corrected chi connectivity index (χ1v) is 5.12. The topological polar surface area (TPSA) is 33.2 Å². The van der Waals surface area contributed by atoms with Gasteiger partial charge in [0.1, 0.15) is 0 Å². The highest BCUT2D eigenvalue weighted by Crippen LogP contribution is 2.18. The molecule has 0 aromatic carbocycles. The predicted octanol–water partition coefficient (Wildman–Crippen LogP) is 2.06. The smallest absolute Gasteiger partial charge is 0.257 e. The molecule has 0 saturated heterocycles. The van der Waals surface area contributed by atoms with Crippen LogP contribution in [0.5, 0.6) is 0 Å². The van der Waals surface area contributed by atoms with Crippen LogP contribution in [0.3, 0.4) is 0 Å². The Morgan fingerprint density at radius 2 is 2.13 bits per heavy atom. The molecule has 1 aliphatic rings. The van der Waals surface area contributed by atoms with E-state index in [1.165, 1.54) is 0 Å². The van der Waals surface area contributed by atoms with Gasteiger partial charge in [-0.05, 0) is 13.0 Å². The maximum Gasteiger partial charge on any atom is 0.257 e. The van der Waals surface area contributed by atoms with Crippen LogP contribution < -0.4 is 0 Å². The van der Waals surface area contributed by atoms with Crippen LogP contribution in [0.25, 0.3) is 0 Å². The van der Waals surface area contributed by atoms with Crippen molar-refractivity contribution < 1.29 is 4.79 Å². The lowest BCUT2D eigenvalue weighted by molar-refractivity contribution is 0.0800. The highest BCUT2D eigenvalue weighted by molar-refractivity contribution is 6.33. The van der Waals surface area contributed by atoms with E-state index in [0.717, 1.165) is 5.69 Å². The largest absolute Gasteiger partial charge is 0.331 e. The Morgan fingerprint density at radius 1 is 1.47 bits per heavy atom. The number of hydrogen-bond acceptors (Lipinski definition) is 2. The van der Waals surface area contributed by atoms with Crippen LogP contribution in [0.1, 0.15) is 16.1 Å².